The van der Waals surface area contributed by atoms with Crippen LogP contribution in [-0.2, 0) is 14.6 Å². The molecule has 1 aliphatic heterocycles. The second-order valence-electron chi connectivity index (χ2n) is 6.48. The first kappa shape index (κ1) is 14.1. The smallest absolute Gasteiger partial charge is 0.226 e. The summed E-state index contributed by atoms with van der Waals surface area (Å²) in [6.07, 6.45) is 7.99. The van der Waals surface area contributed by atoms with Gasteiger partial charge in [0.05, 0.1) is 11.5 Å². The van der Waals surface area contributed by atoms with Gasteiger partial charge in [0.1, 0.15) is 0 Å². The van der Waals surface area contributed by atoms with E-state index in [2.05, 4.69) is 12.2 Å². The summed E-state index contributed by atoms with van der Waals surface area (Å²) in [5.74, 6) is 1.66. The molecule has 0 spiro atoms. The highest BCUT2D eigenvalue weighted by Gasteiger charge is 2.44. The fraction of sp³-hybridized carbons (Fsp3) is 0.800. The molecule has 4 atom stereocenters. The van der Waals surface area contributed by atoms with Crippen LogP contribution in [0.4, 0.5) is 0 Å². The SMILES string of the molecule is CCCN(C(=O)[C@H]1C[C@H]2C=C[C@H]1C2)[C@@H]1CCS(=O)(=O)C1. The number of rotatable bonds is 4. The van der Waals surface area contributed by atoms with Crippen LogP contribution in [0, 0.1) is 17.8 Å². The minimum absolute atomic E-state index is 0.0874. The Morgan fingerprint density at radius 2 is 2.10 bits per heavy atom. The lowest BCUT2D eigenvalue weighted by Crippen LogP contribution is -2.45. The molecule has 5 heteroatoms. The van der Waals surface area contributed by atoms with E-state index in [0.29, 0.717) is 24.8 Å². The molecule has 1 saturated carbocycles. The molecule has 0 N–H and O–H groups in total. The Bertz CT molecular complexity index is 525. The van der Waals surface area contributed by atoms with Crippen molar-refractivity contribution in [1.82, 2.24) is 4.90 Å². The number of allylic oxidation sites excluding steroid dienone is 2. The van der Waals surface area contributed by atoms with E-state index < -0.39 is 9.84 Å². The first-order chi connectivity index (χ1) is 9.50. The number of carbonyl (C=O) groups is 1. The minimum Gasteiger partial charge on any atom is -0.338 e. The van der Waals surface area contributed by atoms with Crippen molar-refractivity contribution >= 4 is 15.7 Å². The third-order valence-electron chi connectivity index (χ3n) is 4.99. The Hall–Kier alpha value is -0.840. The van der Waals surface area contributed by atoms with E-state index in [4.69, 9.17) is 0 Å². The zero-order valence-corrected chi connectivity index (χ0v) is 12.8. The first-order valence-electron chi connectivity index (χ1n) is 7.69. The number of sulfone groups is 1. The second kappa shape index (κ2) is 5.17. The zero-order valence-electron chi connectivity index (χ0n) is 12.0. The molecule has 2 bridgehead atoms. The number of amides is 1. The number of hydrogen-bond acceptors (Lipinski definition) is 3. The van der Waals surface area contributed by atoms with Gasteiger partial charge in [-0.15, -0.1) is 0 Å². The molecule has 112 valence electrons. The predicted molar refractivity (Wildman–Crippen MR) is 77.9 cm³/mol. The topological polar surface area (TPSA) is 54.5 Å². The van der Waals surface area contributed by atoms with Gasteiger partial charge in [-0.1, -0.05) is 19.1 Å². The highest BCUT2D eigenvalue weighted by molar-refractivity contribution is 7.91. The molecular formula is C15H23NO3S. The van der Waals surface area contributed by atoms with Gasteiger partial charge >= 0.3 is 0 Å². The number of hydrogen-bond donors (Lipinski definition) is 0. The van der Waals surface area contributed by atoms with Crippen LogP contribution in [0.25, 0.3) is 0 Å². The standard InChI is InChI=1S/C15H23NO3S/c1-2-6-16(13-5-7-20(18,19)10-13)15(17)14-9-11-3-4-12(14)8-11/h3-4,11-14H,2,5-10H2,1H3/t11-,12-,13+,14-/m0/s1. The number of fused-ring (bicyclic) bond motifs is 2. The molecule has 1 saturated heterocycles. The van der Waals surface area contributed by atoms with Gasteiger partial charge in [-0.3, -0.25) is 4.79 Å². The molecule has 20 heavy (non-hydrogen) atoms. The first-order valence-corrected chi connectivity index (χ1v) is 9.51. The van der Waals surface area contributed by atoms with E-state index in [-0.39, 0.29) is 29.4 Å². The lowest BCUT2D eigenvalue weighted by molar-refractivity contribution is -0.138. The van der Waals surface area contributed by atoms with Crippen LogP contribution < -0.4 is 0 Å². The third kappa shape index (κ3) is 2.52. The zero-order chi connectivity index (χ0) is 14.3. The average molecular weight is 297 g/mol. The van der Waals surface area contributed by atoms with E-state index in [1.807, 2.05) is 11.8 Å². The lowest BCUT2D eigenvalue weighted by atomic mass is 9.91. The molecule has 0 aromatic carbocycles. The molecule has 0 unspecified atom stereocenters. The van der Waals surface area contributed by atoms with Crippen LogP contribution in [0.5, 0.6) is 0 Å². The number of nitrogens with zero attached hydrogens (tertiary/aromatic N) is 1. The van der Waals surface area contributed by atoms with E-state index in [1.165, 1.54) is 0 Å². The van der Waals surface area contributed by atoms with Gasteiger partial charge < -0.3 is 4.90 Å². The summed E-state index contributed by atoms with van der Waals surface area (Å²) in [6, 6.07) is -0.0874. The summed E-state index contributed by atoms with van der Waals surface area (Å²) in [4.78, 5) is 14.7. The second-order valence-corrected chi connectivity index (χ2v) is 8.70. The predicted octanol–water partition coefficient (Wildman–Crippen LogP) is 1.62. The highest BCUT2D eigenvalue weighted by Crippen LogP contribution is 2.44. The summed E-state index contributed by atoms with van der Waals surface area (Å²) in [6.45, 7) is 2.74. The van der Waals surface area contributed by atoms with Gasteiger partial charge in [-0.25, -0.2) is 8.42 Å². The average Bonchev–Trinajstić information content (AvgIpc) is 3.09. The van der Waals surface area contributed by atoms with Crippen molar-refractivity contribution in [3.63, 3.8) is 0 Å². The maximum absolute atomic E-state index is 12.8. The summed E-state index contributed by atoms with van der Waals surface area (Å²) in [5, 5.41) is 0. The van der Waals surface area contributed by atoms with E-state index in [0.717, 1.165) is 19.3 Å². The van der Waals surface area contributed by atoms with Crippen LogP contribution in [0.1, 0.15) is 32.6 Å². The molecule has 2 aliphatic carbocycles. The Labute approximate surface area is 121 Å². The molecule has 4 nitrogen and oxygen atoms in total. The lowest BCUT2D eigenvalue weighted by Gasteiger charge is -2.32. The Morgan fingerprint density at radius 1 is 1.30 bits per heavy atom. The molecule has 0 aromatic heterocycles. The monoisotopic (exact) mass is 297 g/mol. The molecule has 0 aromatic rings. The van der Waals surface area contributed by atoms with Gasteiger partial charge in [0, 0.05) is 18.5 Å². The molecule has 2 fully saturated rings. The molecule has 3 aliphatic rings. The molecule has 1 amide bonds. The third-order valence-corrected chi connectivity index (χ3v) is 6.74. The fourth-order valence-electron chi connectivity index (χ4n) is 4.01. The number of carbonyl (C=O) groups excluding carboxylic acids is 1. The van der Waals surface area contributed by atoms with Crippen LogP contribution in [0.3, 0.4) is 0 Å². The largest absolute Gasteiger partial charge is 0.338 e. The molecular weight excluding hydrogens is 274 g/mol. The highest BCUT2D eigenvalue weighted by atomic mass is 32.2. The van der Waals surface area contributed by atoms with Gasteiger partial charge in [-0.05, 0) is 37.5 Å². The normalized spacial score (nSPS) is 37.5. The van der Waals surface area contributed by atoms with Crippen molar-refractivity contribution < 1.29 is 13.2 Å². The Balaban J connectivity index is 1.74. The van der Waals surface area contributed by atoms with Crippen molar-refractivity contribution in [3.8, 4) is 0 Å². The van der Waals surface area contributed by atoms with Gasteiger partial charge in [0.2, 0.25) is 5.91 Å². The van der Waals surface area contributed by atoms with Crippen molar-refractivity contribution in [2.45, 2.75) is 38.6 Å². The summed E-state index contributed by atoms with van der Waals surface area (Å²) in [7, 11) is -2.93. The van der Waals surface area contributed by atoms with Gasteiger partial charge in [0.25, 0.3) is 0 Å². The van der Waals surface area contributed by atoms with E-state index >= 15 is 0 Å². The molecule has 0 radical (unpaired) electrons. The minimum atomic E-state index is -2.93. The van der Waals surface area contributed by atoms with Gasteiger partial charge in [0.15, 0.2) is 9.84 Å². The summed E-state index contributed by atoms with van der Waals surface area (Å²) >= 11 is 0. The molecule has 1 heterocycles. The maximum atomic E-state index is 12.8. The van der Waals surface area contributed by atoms with E-state index in [1.54, 1.807) is 0 Å². The van der Waals surface area contributed by atoms with Crippen LogP contribution in [0.2, 0.25) is 0 Å². The maximum Gasteiger partial charge on any atom is 0.226 e. The van der Waals surface area contributed by atoms with Crippen molar-refractivity contribution in [3.05, 3.63) is 12.2 Å². The Morgan fingerprint density at radius 3 is 2.60 bits per heavy atom. The quantitative estimate of drug-likeness (QED) is 0.741. The van der Waals surface area contributed by atoms with Crippen LogP contribution in [-0.4, -0.2) is 43.3 Å². The summed E-state index contributed by atoms with van der Waals surface area (Å²) < 4.78 is 23.3. The van der Waals surface area contributed by atoms with Crippen molar-refractivity contribution in [2.75, 3.05) is 18.1 Å². The van der Waals surface area contributed by atoms with Crippen molar-refractivity contribution in [2.24, 2.45) is 17.8 Å². The van der Waals surface area contributed by atoms with Crippen LogP contribution >= 0.6 is 0 Å². The fourth-order valence-corrected chi connectivity index (χ4v) is 5.74. The van der Waals surface area contributed by atoms with E-state index in [9.17, 15) is 13.2 Å². The van der Waals surface area contributed by atoms with Gasteiger partial charge in [-0.2, -0.15) is 0 Å². The van der Waals surface area contributed by atoms with Crippen molar-refractivity contribution in [1.29, 1.82) is 0 Å². The Kier molecular flexibility index (Phi) is 3.65. The summed E-state index contributed by atoms with van der Waals surface area (Å²) in [5.41, 5.74) is 0. The van der Waals surface area contributed by atoms with Crippen LogP contribution in [0.15, 0.2) is 12.2 Å². The molecule has 3 rings (SSSR count).